The molecule has 3 rings (SSSR count). The van der Waals surface area contributed by atoms with Gasteiger partial charge in [-0.15, -0.1) is 12.4 Å². The summed E-state index contributed by atoms with van der Waals surface area (Å²) in [5.74, 6) is -0.862. The van der Waals surface area contributed by atoms with Crippen molar-refractivity contribution in [3.05, 3.63) is 34.1 Å². The lowest BCUT2D eigenvalue weighted by Crippen LogP contribution is -2.48. The van der Waals surface area contributed by atoms with Gasteiger partial charge in [0.05, 0.1) is 10.6 Å². The van der Waals surface area contributed by atoms with E-state index < -0.39 is 23.6 Å². The summed E-state index contributed by atoms with van der Waals surface area (Å²) in [7, 11) is 0. The van der Waals surface area contributed by atoms with Gasteiger partial charge in [0.15, 0.2) is 0 Å². The van der Waals surface area contributed by atoms with Crippen molar-refractivity contribution in [3.8, 4) is 0 Å². The molecule has 1 N–H and O–H groups in total. The Bertz CT molecular complexity index is 570. The molecule has 1 aromatic carbocycles. The molecule has 1 aliphatic carbocycles. The van der Waals surface area contributed by atoms with Crippen LogP contribution in [0.1, 0.15) is 36.4 Å². The topological polar surface area (TPSA) is 15.3 Å². The molecular weight excluding hydrogens is 367 g/mol. The lowest BCUT2D eigenvalue weighted by molar-refractivity contribution is -0.139. The van der Waals surface area contributed by atoms with E-state index in [1.54, 1.807) is 0 Å². The smallest absolute Gasteiger partial charge is 0.314 e. The summed E-state index contributed by atoms with van der Waals surface area (Å²) in [4.78, 5) is 1.98. The normalized spacial score (nSPS) is 21.0. The largest absolute Gasteiger partial charge is 0.416 e. The Kier molecular flexibility index (Phi) is 6.40. The standard InChI is InChI=1S/C16H19ClF4N2.ClH/c17-12-5-4-11(16(19,20)21)13(14(12)18)15(10-2-1-3-10)23-8-6-22-7-9-23;/h4-5,10,15,22H,1-3,6-9H2;1H/t15-;/m1./s1. The highest BCUT2D eigenvalue weighted by Crippen LogP contribution is 2.47. The highest BCUT2D eigenvalue weighted by molar-refractivity contribution is 6.30. The molecule has 0 aromatic heterocycles. The van der Waals surface area contributed by atoms with Gasteiger partial charge in [-0.25, -0.2) is 4.39 Å². The van der Waals surface area contributed by atoms with Crippen molar-refractivity contribution >= 4 is 24.0 Å². The molecule has 24 heavy (non-hydrogen) atoms. The molecule has 1 aliphatic heterocycles. The van der Waals surface area contributed by atoms with E-state index in [0.29, 0.717) is 26.2 Å². The zero-order valence-electron chi connectivity index (χ0n) is 13.0. The Morgan fingerprint density at radius 1 is 1.17 bits per heavy atom. The number of hydrogen-bond donors (Lipinski definition) is 1. The SMILES string of the molecule is Cl.Fc1c(Cl)ccc(C(F)(F)F)c1[C@@H](C1CCC1)N1CCNCC1. The van der Waals surface area contributed by atoms with Gasteiger partial charge in [-0.3, -0.25) is 4.90 Å². The van der Waals surface area contributed by atoms with Crippen molar-refractivity contribution in [2.45, 2.75) is 31.5 Å². The van der Waals surface area contributed by atoms with Crippen LogP contribution in [-0.4, -0.2) is 31.1 Å². The summed E-state index contributed by atoms with van der Waals surface area (Å²) >= 11 is 5.81. The van der Waals surface area contributed by atoms with E-state index in [9.17, 15) is 17.6 Å². The average molecular weight is 387 g/mol. The van der Waals surface area contributed by atoms with Gasteiger partial charge in [0.1, 0.15) is 5.82 Å². The number of benzene rings is 1. The number of rotatable bonds is 3. The summed E-state index contributed by atoms with van der Waals surface area (Å²) in [5, 5.41) is 2.94. The van der Waals surface area contributed by atoms with Crippen molar-refractivity contribution in [2.24, 2.45) is 5.92 Å². The molecule has 2 nitrogen and oxygen atoms in total. The molecule has 8 heteroatoms. The van der Waals surface area contributed by atoms with Crippen LogP contribution in [0.5, 0.6) is 0 Å². The van der Waals surface area contributed by atoms with Gasteiger partial charge in [0.2, 0.25) is 0 Å². The van der Waals surface area contributed by atoms with E-state index in [4.69, 9.17) is 11.6 Å². The molecule has 136 valence electrons. The van der Waals surface area contributed by atoms with Crippen LogP contribution in [0, 0.1) is 11.7 Å². The summed E-state index contributed by atoms with van der Waals surface area (Å²) in [5.41, 5.74) is -1.16. The second kappa shape index (κ2) is 7.77. The lowest BCUT2D eigenvalue weighted by Gasteiger charge is -2.44. The van der Waals surface area contributed by atoms with Gasteiger partial charge >= 0.3 is 6.18 Å². The maximum absolute atomic E-state index is 14.6. The van der Waals surface area contributed by atoms with E-state index in [1.165, 1.54) is 0 Å². The molecule has 1 atom stereocenters. The Hall–Kier alpha value is -0.560. The molecule has 1 saturated heterocycles. The van der Waals surface area contributed by atoms with E-state index in [2.05, 4.69) is 5.32 Å². The highest BCUT2D eigenvalue weighted by Gasteiger charge is 2.43. The van der Waals surface area contributed by atoms with Gasteiger partial charge in [0.25, 0.3) is 0 Å². The second-order valence-electron chi connectivity index (χ2n) is 6.24. The van der Waals surface area contributed by atoms with Gasteiger partial charge in [0, 0.05) is 37.8 Å². The van der Waals surface area contributed by atoms with Crippen molar-refractivity contribution in [2.75, 3.05) is 26.2 Å². The Balaban J connectivity index is 0.00000208. The van der Waals surface area contributed by atoms with E-state index in [0.717, 1.165) is 31.4 Å². The van der Waals surface area contributed by atoms with E-state index in [1.807, 2.05) is 4.90 Å². The maximum Gasteiger partial charge on any atom is 0.416 e. The lowest BCUT2D eigenvalue weighted by atomic mass is 9.75. The number of nitrogens with one attached hydrogen (secondary N) is 1. The highest BCUT2D eigenvalue weighted by atomic mass is 35.5. The van der Waals surface area contributed by atoms with Crippen LogP contribution in [-0.2, 0) is 6.18 Å². The third-order valence-electron chi connectivity index (χ3n) is 4.88. The predicted octanol–water partition coefficient (Wildman–Crippen LogP) is 4.67. The van der Waals surface area contributed by atoms with Crippen molar-refractivity contribution in [1.82, 2.24) is 10.2 Å². The van der Waals surface area contributed by atoms with Crippen LogP contribution in [0.2, 0.25) is 5.02 Å². The molecule has 0 amide bonds. The minimum absolute atomic E-state index is 0. The fraction of sp³-hybridized carbons (Fsp3) is 0.625. The van der Waals surface area contributed by atoms with Crippen molar-refractivity contribution in [3.63, 3.8) is 0 Å². The molecule has 0 spiro atoms. The number of piperazine rings is 1. The van der Waals surface area contributed by atoms with Crippen LogP contribution in [0.4, 0.5) is 17.6 Å². The predicted molar refractivity (Wildman–Crippen MR) is 88.2 cm³/mol. The minimum atomic E-state index is -4.59. The molecule has 0 radical (unpaired) electrons. The first-order valence-corrected chi connectivity index (χ1v) is 8.27. The summed E-state index contributed by atoms with van der Waals surface area (Å²) < 4.78 is 54.9. The van der Waals surface area contributed by atoms with E-state index >= 15 is 0 Å². The van der Waals surface area contributed by atoms with Crippen molar-refractivity contribution < 1.29 is 17.6 Å². The Morgan fingerprint density at radius 3 is 2.29 bits per heavy atom. The fourth-order valence-corrected chi connectivity index (χ4v) is 3.70. The van der Waals surface area contributed by atoms with Crippen LogP contribution in [0.25, 0.3) is 0 Å². The molecule has 2 aliphatic rings. The van der Waals surface area contributed by atoms with Crippen molar-refractivity contribution in [1.29, 1.82) is 0 Å². The van der Waals surface area contributed by atoms with Gasteiger partial charge in [-0.1, -0.05) is 18.0 Å². The average Bonchev–Trinajstić information content (AvgIpc) is 2.45. The molecule has 1 heterocycles. The number of halogens is 6. The Labute approximate surface area is 149 Å². The van der Waals surface area contributed by atoms with Crippen LogP contribution < -0.4 is 5.32 Å². The third kappa shape index (κ3) is 3.82. The third-order valence-corrected chi connectivity index (χ3v) is 5.17. The zero-order chi connectivity index (χ0) is 16.6. The molecule has 1 aromatic rings. The number of alkyl halides is 3. The van der Waals surface area contributed by atoms with Crippen LogP contribution in [0.15, 0.2) is 12.1 Å². The summed E-state index contributed by atoms with van der Waals surface area (Å²) in [6.07, 6.45) is -1.94. The van der Waals surface area contributed by atoms with Gasteiger partial charge in [-0.05, 0) is 30.9 Å². The summed E-state index contributed by atoms with van der Waals surface area (Å²) in [6, 6.07) is 1.36. The zero-order valence-corrected chi connectivity index (χ0v) is 14.6. The first kappa shape index (κ1) is 19.8. The van der Waals surface area contributed by atoms with Gasteiger partial charge < -0.3 is 5.32 Å². The Morgan fingerprint density at radius 2 is 1.79 bits per heavy atom. The van der Waals surface area contributed by atoms with Crippen LogP contribution in [0.3, 0.4) is 0 Å². The number of nitrogens with zero attached hydrogens (tertiary/aromatic N) is 1. The molecular formula is C16H20Cl2F4N2. The quantitative estimate of drug-likeness (QED) is 0.759. The number of hydrogen-bond acceptors (Lipinski definition) is 2. The fourth-order valence-electron chi connectivity index (χ4n) is 3.53. The summed E-state index contributed by atoms with van der Waals surface area (Å²) in [6.45, 7) is 2.63. The molecule has 0 unspecified atom stereocenters. The molecule has 0 bridgehead atoms. The minimum Gasteiger partial charge on any atom is -0.314 e. The van der Waals surface area contributed by atoms with E-state index in [-0.39, 0.29) is 28.9 Å². The first-order chi connectivity index (χ1) is 10.9. The maximum atomic E-state index is 14.6. The van der Waals surface area contributed by atoms with Crippen LogP contribution >= 0.6 is 24.0 Å². The molecule has 2 fully saturated rings. The first-order valence-electron chi connectivity index (χ1n) is 7.89. The molecule has 1 saturated carbocycles. The van der Waals surface area contributed by atoms with Gasteiger partial charge in [-0.2, -0.15) is 13.2 Å². The monoisotopic (exact) mass is 386 g/mol. The second-order valence-corrected chi connectivity index (χ2v) is 6.65.